The van der Waals surface area contributed by atoms with Crippen LogP contribution < -0.4 is 33.0 Å². The van der Waals surface area contributed by atoms with Crippen LogP contribution in [-0.4, -0.2) is 101 Å². The van der Waals surface area contributed by atoms with Crippen molar-refractivity contribution in [3.63, 3.8) is 0 Å². The first-order valence-corrected chi connectivity index (χ1v) is 14.0. The van der Waals surface area contributed by atoms with Gasteiger partial charge in [-0.2, -0.15) is 4.68 Å². The third kappa shape index (κ3) is 8.04. The molecule has 0 aliphatic carbocycles. The van der Waals surface area contributed by atoms with Gasteiger partial charge in [-0.25, -0.2) is 14.8 Å². The SMILES string of the molecule is NC(Cc1c[nH]cn1)C(=O)NC(Cc1c[nH]cn1)C(=O)NCCNn1c(=O)c(CCC=O)cn([C@H]2C[C@H](O)[C@@H](CO)O2)c1=O. The molecule has 4 rings (SSSR count). The Labute approximate surface area is 250 Å². The van der Waals surface area contributed by atoms with E-state index in [-0.39, 0.29) is 50.8 Å². The number of aromatic nitrogens is 6. The maximum absolute atomic E-state index is 13.2. The number of hydrogen-bond acceptors (Lipinski definition) is 12. The number of nitrogens with two attached hydrogens (primary N) is 1. The van der Waals surface area contributed by atoms with E-state index in [2.05, 4.69) is 36.0 Å². The monoisotopic (exact) mass is 616 g/mol. The Bertz CT molecular complexity index is 1500. The molecule has 44 heavy (non-hydrogen) atoms. The van der Waals surface area contributed by atoms with E-state index in [1.807, 2.05) is 0 Å². The van der Waals surface area contributed by atoms with Gasteiger partial charge in [-0.3, -0.25) is 19.0 Å². The van der Waals surface area contributed by atoms with Gasteiger partial charge in [0, 0.05) is 62.9 Å². The first kappa shape index (κ1) is 32.3. The number of nitrogens with one attached hydrogen (secondary N) is 5. The summed E-state index contributed by atoms with van der Waals surface area (Å²) in [5.41, 5.74) is 8.46. The number of H-pyrrole nitrogens is 2. The zero-order valence-electron chi connectivity index (χ0n) is 23.7. The van der Waals surface area contributed by atoms with Crippen LogP contribution in [-0.2, 0) is 38.4 Å². The van der Waals surface area contributed by atoms with Crippen molar-refractivity contribution < 1.29 is 29.3 Å². The van der Waals surface area contributed by atoms with Gasteiger partial charge in [-0.05, 0) is 6.42 Å². The molecule has 0 saturated carbocycles. The molecule has 0 bridgehead atoms. The van der Waals surface area contributed by atoms with Crippen LogP contribution in [0.3, 0.4) is 0 Å². The number of amides is 2. The summed E-state index contributed by atoms with van der Waals surface area (Å²) in [6.07, 6.45) is 5.45. The zero-order chi connectivity index (χ0) is 31.6. The Morgan fingerprint density at radius 2 is 1.84 bits per heavy atom. The normalized spacial score (nSPS) is 19.3. The summed E-state index contributed by atoms with van der Waals surface area (Å²) in [6.45, 7) is -0.590. The van der Waals surface area contributed by atoms with E-state index in [4.69, 9.17) is 10.5 Å². The van der Waals surface area contributed by atoms with Crippen LogP contribution in [0.5, 0.6) is 0 Å². The predicted molar refractivity (Wildman–Crippen MR) is 153 cm³/mol. The molecule has 1 aliphatic heterocycles. The number of imidazole rings is 2. The van der Waals surface area contributed by atoms with Gasteiger partial charge in [0.15, 0.2) is 0 Å². The summed E-state index contributed by atoms with van der Waals surface area (Å²) < 4.78 is 7.45. The molecular formula is C26H36N10O8. The van der Waals surface area contributed by atoms with Crippen molar-refractivity contribution in [1.82, 2.24) is 39.8 Å². The van der Waals surface area contributed by atoms with E-state index in [0.29, 0.717) is 17.7 Å². The lowest BCUT2D eigenvalue weighted by molar-refractivity contribution is -0.129. The van der Waals surface area contributed by atoms with Crippen LogP contribution in [0.15, 0.2) is 40.8 Å². The topological polar surface area (TPSA) is 264 Å². The number of rotatable bonds is 16. The van der Waals surface area contributed by atoms with Crippen LogP contribution in [0.4, 0.5) is 0 Å². The maximum atomic E-state index is 13.2. The van der Waals surface area contributed by atoms with Crippen molar-refractivity contribution >= 4 is 18.1 Å². The fourth-order valence-electron chi connectivity index (χ4n) is 4.70. The van der Waals surface area contributed by atoms with Crippen molar-refractivity contribution in [1.29, 1.82) is 0 Å². The van der Waals surface area contributed by atoms with Crippen LogP contribution in [0, 0.1) is 0 Å². The Morgan fingerprint density at radius 1 is 1.14 bits per heavy atom. The molecular weight excluding hydrogens is 580 g/mol. The molecule has 4 heterocycles. The minimum absolute atomic E-state index is 0.000975. The Hall–Kier alpha value is -4.65. The van der Waals surface area contributed by atoms with Gasteiger partial charge in [-0.15, -0.1) is 0 Å². The predicted octanol–water partition coefficient (Wildman–Crippen LogP) is -3.81. The van der Waals surface area contributed by atoms with Gasteiger partial charge in [0.25, 0.3) is 5.56 Å². The quantitative estimate of drug-likeness (QED) is 0.0569. The summed E-state index contributed by atoms with van der Waals surface area (Å²) in [4.78, 5) is 76.8. The Balaban J connectivity index is 1.42. The highest BCUT2D eigenvalue weighted by Crippen LogP contribution is 2.27. The van der Waals surface area contributed by atoms with E-state index in [1.54, 1.807) is 12.4 Å². The van der Waals surface area contributed by atoms with E-state index in [0.717, 1.165) is 9.24 Å². The van der Waals surface area contributed by atoms with Gasteiger partial charge in [-0.1, -0.05) is 0 Å². The number of aromatic amines is 2. The molecule has 238 valence electrons. The van der Waals surface area contributed by atoms with Crippen molar-refractivity contribution in [3.05, 3.63) is 69.0 Å². The molecule has 1 aliphatic rings. The lowest BCUT2D eigenvalue weighted by atomic mass is 10.1. The minimum Gasteiger partial charge on any atom is -0.394 e. The number of aldehydes is 1. The first-order valence-electron chi connectivity index (χ1n) is 14.0. The molecule has 0 spiro atoms. The standard InChI is InChI=1S/C26H36N10O8/c27-18(6-16-9-28-13-31-16)23(40)34-19(7-17-10-29-14-32-17)24(41)30-3-4-33-36-25(42)15(2-1-5-37)11-35(26(36)43)22-8-20(39)21(12-38)44-22/h5,9-11,13-14,18-22,33,38-39H,1-4,6-8,12,27H2,(H,28,31)(H,29,32)(H,30,41)(H,34,40)/t18?,19?,20-,21+,22+/m0/s1. The summed E-state index contributed by atoms with van der Waals surface area (Å²) >= 11 is 0. The van der Waals surface area contributed by atoms with Crippen LogP contribution in [0.1, 0.15) is 36.0 Å². The largest absolute Gasteiger partial charge is 0.394 e. The molecule has 3 aromatic heterocycles. The number of carbonyl (C=O) groups excluding carboxylic acids is 3. The lowest BCUT2D eigenvalue weighted by Crippen LogP contribution is -2.54. The number of aliphatic hydroxyl groups excluding tert-OH is 2. The summed E-state index contributed by atoms with van der Waals surface area (Å²) in [5.74, 6) is -1.12. The zero-order valence-corrected chi connectivity index (χ0v) is 23.7. The molecule has 18 heteroatoms. The van der Waals surface area contributed by atoms with Crippen LogP contribution in [0.25, 0.3) is 0 Å². The molecule has 9 N–H and O–H groups in total. The van der Waals surface area contributed by atoms with Crippen molar-refractivity contribution in [3.8, 4) is 0 Å². The number of aryl methyl sites for hydroxylation is 1. The summed E-state index contributed by atoms with van der Waals surface area (Å²) in [6, 6.07) is -2.00. The highest BCUT2D eigenvalue weighted by atomic mass is 16.5. The van der Waals surface area contributed by atoms with Crippen molar-refractivity contribution in [2.45, 2.75) is 62.6 Å². The third-order valence-corrected chi connectivity index (χ3v) is 7.03. The summed E-state index contributed by atoms with van der Waals surface area (Å²) in [5, 5.41) is 24.8. The van der Waals surface area contributed by atoms with Crippen LogP contribution in [0.2, 0.25) is 0 Å². The lowest BCUT2D eigenvalue weighted by Gasteiger charge is -2.21. The average Bonchev–Trinajstić information content (AvgIpc) is 3.79. The number of carbonyl (C=O) groups is 3. The van der Waals surface area contributed by atoms with E-state index in [9.17, 15) is 34.2 Å². The van der Waals surface area contributed by atoms with Gasteiger partial charge < -0.3 is 51.5 Å². The molecule has 1 fully saturated rings. The van der Waals surface area contributed by atoms with Gasteiger partial charge in [0.2, 0.25) is 11.8 Å². The van der Waals surface area contributed by atoms with E-state index >= 15 is 0 Å². The highest BCUT2D eigenvalue weighted by molar-refractivity contribution is 5.90. The van der Waals surface area contributed by atoms with E-state index < -0.39 is 60.2 Å². The molecule has 18 nitrogen and oxygen atoms in total. The number of aliphatic hydroxyl groups is 2. The molecule has 5 atom stereocenters. The second-order valence-electron chi connectivity index (χ2n) is 10.2. The second-order valence-corrected chi connectivity index (χ2v) is 10.2. The first-order chi connectivity index (χ1) is 21.2. The average molecular weight is 617 g/mol. The second kappa shape index (κ2) is 15.2. The minimum atomic E-state index is -1.03. The molecule has 2 amide bonds. The molecule has 0 aromatic carbocycles. The fraction of sp³-hybridized carbons (Fsp3) is 0.500. The number of nitrogens with zero attached hydrogens (tertiary/aromatic N) is 4. The van der Waals surface area contributed by atoms with E-state index in [1.165, 1.54) is 18.9 Å². The molecule has 2 unspecified atom stereocenters. The fourth-order valence-corrected chi connectivity index (χ4v) is 4.70. The Morgan fingerprint density at radius 3 is 2.45 bits per heavy atom. The van der Waals surface area contributed by atoms with Crippen LogP contribution >= 0.6 is 0 Å². The van der Waals surface area contributed by atoms with Crippen molar-refractivity contribution in [2.24, 2.45) is 5.73 Å². The van der Waals surface area contributed by atoms with Gasteiger partial charge in [0.05, 0.1) is 42.8 Å². The summed E-state index contributed by atoms with van der Waals surface area (Å²) in [7, 11) is 0. The smallest absolute Gasteiger partial charge is 0.352 e. The van der Waals surface area contributed by atoms with Crippen molar-refractivity contribution in [2.75, 3.05) is 25.1 Å². The third-order valence-electron chi connectivity index (χ3n) is 7.03. The van der Waals surface area contributed by atoms with Gasteiger partial charge >= 0.3 is 5.69 Å². The highest BCUT2D eigenvalue weighted by Gasteiger charge is 2.35. The molecule has 0 radical (unpaired) electrons. The molecule has 1 saturated heterocycles. The maximum Gasteiger partial charge on any atom is 0.352 e. The molecule has 3 aromatic rings. The number of ether oxygens (including phenoxy) is 1. The number of hydrogen-bond donors (Lipinski definition) is 8. The van der Waals surface area contributed by atoms with Gasteiger partial charge in [0.1, 0.15) is 24.7 Å². The Kier molecular flexibility index (Phi) is 11.1.